The van der Waals surface area contributed by atoms with Gasteiger partial charge in [0.2, 0.25) is 0 Å². The normalized spacial score (nSPS) is 21.2. The van der Waals surface area contributed by atoms with Crippen molar-refractivity contribution in [3.8, 4) is 5.75 Å². The molecule has 0 spiro atoms. The largest absolute Gasteiger partial charge is 0.486 e. The van der Waals surface area contributed by atoms with Gasteiger partial charge in [0.05, 0.1) is 6.10 Å². The van der Waals surface area contributed by atoms with Gasteiger partial charge in [0.25, 0.3) is 0 Å². The molecular formula is C14H17FO2. The van der Waals surface area contributed by atoms with Crippen molar-refractivity contribution in [1.29, 1.82) is 0 Å². The lowest BCUT2D eigenvalue weighted by molar-refractivity contribution is 0.193. The van der Waals surface area contributed by atoms with Crippen LogP contribution in [0.4, 0.5) is 4.39 Å². The lowest BCUT2D eigenvalue weighted by Crippen LogP contribution is -2.15. The molecule has 1 aromatic carbocycles. The Balaban J connectivity index is 2.09. The predicted octanol–water partition coefficient (Wildman–Crippen LogP) is 3.37. The summed E-state index contributed by atoms with van der Waals surface area (Å²) in [6, 6.07) is 4.61. The van der Waals surface area contributed by atoms with Gasteiger partial charge in [-0.15, -0.1) is 0 Å². The number of allylic oxidation sites excluding steroid dienone is 1. The maximum absolute atomic E-state index is 13.6. The second-order valence-electron chi connectivity index (χ2n) is 4.37. The highest BCUT2D eigenvalue weighted by Crippen LogP contribution is 2.24. The molecular weight excluding hydrogens is 219 g/mol. The summed E-state index contributed by atoms with van der Waals surface area (Å²) in [7, 11) is 0. The SMILES string of the molecule is CC(O)c1ccc(OC2C=CCCC2)cc1F. The van der Waals surface area contributed by atoms with Crippen LogP contribution >= 0.6 is 0 Å². The first-order valence-electron chi connectivity index (χ1n) is 5.97. The molecule has 1 aliphatic rings. The molecule has 92 valence electrons. The fourth-order valence-corrected chi connectivity index (χ4v) is 1.97. The first-order chi connectivity index (χ1) is 8.16. The van der Waals surface area contributed by atoms with E-state index in [-0.39, 0.29) is 6.10 Å². The van der Waals surface area contributed by atoms with Crippen molar-refractivity contribution in [1.82, 2.24) is 0 Å². The van der Waals surface area contributed by atoms with Gasteiger partial charge in [0.15, 0.2) is 0 Å². The van der Waals surface area contributed by atoms with E-state index in [4.69, 9.17) is 4.74 Å². The van der Waals surface area contributed by atoms with Gasteiger partial charge in [0.1, 0.15) is 17.7 Å². The average molecular weight is 236 g/mol. The summed E-state index contributed by atoms with van der Waals surface area (Å²) >= 11 is 0. The quantitative estimate of drug-likeness (QED) is 0.815. The molecule has 1 aliphatic carbocycles. The van der Waals surface area contributed by atoms with Gasteiger partial charge in [-0.3, -0.25) is 0 Å². The summed E-state index contributed by atoms with van der Waals surface area (Å²) in [5, 5.41) is 9.32. The van der Waals surface area contributed by atoms with Crippen molar-refractivity contribution in [3.63, 3.8) is 0 Å². The van der Waals surface area contributed by atoms with Crippen molar-refractivity contribution in [3.05, 3.63) is 41.7 Å². The highest BCUT2D eigenvalue weighted by molar-refractivity contribution is 5.30. The number of hydrogen-bond donors (Lipinski definition) is 1. The molecule has 2 nitrogen and oxygen atoms in total. The summed E-state index contributed by atoms with van der Waals surface area (Å²) in [6.45, 7) is 1.54. The van der Waals surface area contributed by atoms with Crippen molar-refractivity contribution < 1.29 is 14.2 Å². The second kappa shape index (κ2) is 5.32. The highest BCUT2D eigenvalue weighted by Gasteiger charge is 2.13. The van der Waals surface area contributed by atoms with E-state index in [9.17, 15) is 9.50 Å². The van der Waals surface area contributed by atoms with Crippen molar-refractivity contribution in [2.45, 2.75) is 38.4 Å². The molecule has 1 aromatic rings. The van der Waals surface area contributed by atoms with Crippen LogP contribution in [0.1, 0.15) is 37.9 Å². The molecule has 1 N–H and O–H groups in total. The Morgan fingerprint density at radius 1 is 1.47 bits per heavy atom. The van der Waals surface area contributed by atoms with Crippen LogP contribution < -0.4 is 4.74 Å². The Hall–Kier alpha value is -1.35. The third-order valence-corrected chi connectivity index (χ3v) is 2.92. The fraction of sp³-hybridized carbons (Fsp3) is 0.429. The molecule has 2 unspecified atom stereocenters. The van der Waals surface area contributed by atoms with Gasteiger partial charge in [-0.1, -0.05) is 6.08 Å². The van der Waals surface area contributed by atoms with Gasteiger partial charge in [0, 0.05) is 11.6 Å². The van der Waals surface area contributed by atoms with Gasteiger partial charge in [-0.05, 0) is 44.4 Å². The van der Waals surface area contributed by atoms with Crippen LogP contribution in [0.2, 0.25) is 0 Å². The van der Waals surface area contributed by atoms with Crippen LogP contribution in [0, 0.1) is 5.82 Å². The topological polar surface area (TPSA) is 29.5 Å². The van der Waals surface area contributed by atoms with Crippen molar-refractivity contribution in [2.24, 2.45) is 0 Å². The van der Waals surface area contributed by atoms with Gasteiger partial charge < -0.3 is 9.84 Å². The average Bonchev–Trinajstić information content (AvgIpc) is 2.30. The minimum Gasteiger partial charge on any atom is -0.486 e. The summed E-state index contributed by atoms with van der Waals surface area (Å²) in [6.07, 6.45) is 6.53. The zero-order chi connectivity index (χ0) is 12.3. The molecule has 0 heterocycles. The molecule has 2 atom stereocenters. The van der Waals surface area contributed by atoms with Crippen molar-refractivity contribution >= 4 is 0 Å². The fourth-order valence-electron chi connectivity index (χ4n) is 1.97. The number of ether oxygens (including phenoxy) is 1. The number of rotatable bonds is 3. The monoisotopic (exact) mass is 236 g/mol. The molecule has 0 radical (unpaired) electrons. The van der Waals surface area contributed by atoms with Gasteiger partial charge in [-0.2, -0.15) is 0 Å². The molecule has 0 bridgehead atoms. The minimum absolute atomic E-state index is 0.0422. The first kappa shape index (κ1) is 12.1. The number of hydrogen-bond acceptors (Lipinski definition) is 2. The van der Waals surface area contributed by atoms with E-state index in [1.165, 1.54) is 6.07 Å². The van der Waals surface area contributed by atoms with E-state index >= 15 is 0 Å². The molecule has 0 saturated carbocycles. The van der Waals surface area contributed by atoms with Crippen LogP contribution in [0.3, 0.4) is 0 Å². The van der Waals surface area contributed by atoms with Crippen LogP contribution in [0.5, 0.6) is 5.75 Å². The smallest absolute Gasteiger partial charge is 0.132 e. The van der Waals surface area contributed by atoms with Crippen LogP contribution in [0.15, 0.2) is 30.4 Å². The van der Waals surface area contributed by atoms with E-state index in [2.05, 4.69) is 6.08 Å². The third kappa shape index (κ3) is 3.07. The van der Waals surface area contributed by atoms with E-state index in [0.29, 0.717) is 11.3 Å². The van der Waals surface area contributed by atoms with Gasteiger partial charge in [-0.25, -0.2) is 4.39 Å². The highest BCUT2D eigenvalue weighted by atomic mass is 19.1. The Morgan fingerprint density at radius 2 is 2.29 bits per heavy atom. The Labute approximate surface area is 101 Å². The van der Waals surface area contributed by atoms with Crippen molar-refractivity contribution in [2.75, 3.05) is 0 Å². The van der Waals surface area contributed by atoms with E-state index in [1.807, 2.05) is 6.08 Å². The summed E-state index contributed by atoms with van der Waals surface area (Å²) in [5.41, 5.74) is 0.302. The van der Waals surface area contributed by atoms with E-state index in [0.717, 1.165) is 19.3 Å². The second-order valence-corrected chi connectivity index (χ2v) is 4.37. The van der Waals surface area contributed by atoms with E-state index in [1.54, 1.807) is 19.1 Å². The maximum Gasteiger partial charge on any atom is 0.132 e. The Kier molecular flexibility index (Phi) is 3.79. The summed E-state index contributed by atoms with van der Waals surface area (Å²) < 4.78 is 19.3. The van der Waals surface area contributed by atoms with E-state index < -0.39 is 11.9 Å². The molecule has 0 fully saturated rings. The maximum atomic E-state index is 13.6. The standard InChI is InChI=1S/C14H17FO2/c1-10(16)13-8-7-12(9-14(13)15)17-11-5-3-2-4-6-11/h3,5,7-11,16H,2,4,6H2,1H3. The van der Waals surface area contributed by atoms with Crippen LogP contribution in [-0.4, -0.2) is 11.2 Å². The number of halogens is 1. The zero-order valence-electron chi connectivity index (χ0n) is 9.90. The zero-order valence-corrected chi connectivity index (χ0v) is 9.90. The minimum atomic E-state index is -0.793. The predicted molar refractivity (Wildman–Crippen MR) is 64.4 cm³/mol. The summed E-state index contributed by atoms with van der Waals surface area (Å²) in [5.74, 6) is 0.0979. The third-order valence-electron chi connectivity index (χ3n) is 2.92. The van der Waals surface area contributed by atoms with Crippen LogP contribution in [-0.2, 0) is 0 Å². The Morgan fingerprint density at radius 3 is 2.88 bits per heavy atom. The number of benzene rings is 1. The molecule has 17 heavy (non-hydrogen) atoms. The molecule has 0 aliphatic heterocycles. The molecule has 0 amide bonds. The van der Waals surface area contributed by atoms with Crippen LogP contribution in [0.25, 0.3) is 0 Å². The lowest BCUT2D eigenvalue weighted by Gasteiger charge is -2.19. The number of aliphatic hydroxyl groups is 1. The molecule has 0 saturated heterocycles. The summed E-state index contributed by atoms with van der Waals surface area (Å²) in [4.78, 5) is 0. The molecule has 2 rings (SSSR count). The lowest BCUT2D eigenvalue weighted by atomic mass is 10.1. The Bertz CT molecular complexity index is 413. The molecule has 3 heteroatoms. The van der Waals surface area contributed by atoms with Gasteiger partial charge >= 0.3 is 0 Å². The first-order valence-corrected chi connectivity index (χ1v) is 5.97. The number of aliphatic hydroxyl groups excluding tert-OH is 1. The molecule has 0 aromatic heterocycles.